The average Bonchev–Trinajstić information content (AvgIpc) is 3.47. The number of para-hydroxylation sites is 1. The summed E-state index contributed by atoms with van der Waals surface area (Å²) < 4.78 is 8.33. The Hall–Kier alpha value is -3.64. The molecule has 0 spiro atoms. The molecule has 6 heteroatoms. The van der Waals surface area contributed by atoms with Crippen LogP contribution in [0.2, 0.25) is 0 Å². The van der Waals surface area contributed by atoms with Crippen molar-refractivity contribution in [1.29, 1.82) is 0 Å². The van der Waals surface area contributed by atoms with Crippen LogP contribution in [0.3, 0.4) is 0 Å². The Morgan fingerprint density at radius 2 is 1.74 bits per heavy atom. The molecule has 0 unspecified atom stereocenters. The zero-order chi connectivity index (χ0) is 23.7. The van der Waals surface area contributed by atoms with Gasteiger partial charge in [-0.25, -0.2) is 0 Å². The van der Waals surface area contributed by atoms with Crippen LogP contribution in [-0.2, 0) is 0 Å². The van der Waals surface area contributed by atoms with Crippen molar-refractivity contribution in [2.75, 3.05) is 4.90 Å². The van der Waals surface area contributed by atoms with E-state index in [9.17, 15) is 0 Å². The van der Waals surface area contributed by atoms with Crippen molar-refractivity contribution in [2.45, 2.75) is 38.9 Å². The predicted octanol–water partition coefficient (Wildman–Crippen LogP) is 6.74. The molecule has 2 aromatic heterocycles. The SMILES string of the molecule is Cc1ccccc1Oc1ccc(N2C(=S)N[C@H](c3ccccn3)[C@H]2c2ccn(C(C)C)c2)cc1. The molecule has 3 heterocycles. The molecule has 2 atom stereocenters. The zero-order valence-electron chi connectivity index (χ0n) is 19.6. The van der Waals surface area contributed by atoms with E-state index in [2.05, 4.69) is 70.3 Å². The minimum Gasteiger partial charge on any atom is -0.457 e. The van der Waals surface area contributed by atoms with E-state index in [4.69, 9.17) is 17.0 Å². The van der Waals surface area contributed by atoms with Crippen LogP contribution < -0.4 is 15.0 Å². The highest BCUT2D eigenvalue weighted by molar-refractivity contribution is 7.80. The lowest BCUT2D eigenvalue weighted by atomic mass is 9.98. The van der Waals surface area contributed by atoms with E-state index in [1.54, 1.807) is 0 Å². The molecule has 34 heavy (non-hydrogen) atoms. The molecule has 5 nitrogen and oxygen atoms in total. The number of aryl methyl sites for hydroxylation is 1. The van der Waals surface area contributed by atoms with Crippen LogP contribution in [-0.4, -0.2) is 14.7 Å². The highest BCUT2D eigenvalue weighted by Crippen LogP contribution is 2.42. The summed E-state index contributed by atoms with van der Waals surface area (Å²) in [7, 11) is 0. The van der Waals surface area contributed by atoms with Gasteiger partial charge in [-0.1, -0.05) is 24.3 Å². The van der Waals surface area contributed by atoms with Gasteiger partial charge in [0.2, 0.25) is 0 Å². The number of benzene rings is 2. The number of hydrogen-bond acceptors (Lipinski definition) is 3. The monoisotopic (exact) mass is 468 g/mol. The van der Waals surface area contributed by atoms with Gasteiger partial charge in [-0.15, -0.1) is 0 Å². The molecule has 1 saturated heterocycles. The number of aromatic nitrogens is 2. The molecule has 5 rings (SSSR count). The fraction of sp³-hybridized carbons (Fsp3) is 0.214. The summed E-state index contributed by atoms with van der Waals surface area (Å²) in [5.74, 6) is 1.65. The summed E-state index contributed by atoms with van der Waals surface area (Å²) in [4.78, 5) is 6.82. The molecule has 0 amide bonds. The molecule has 0 saturated carbocycles. The third-order valence-electron chi connectivity index (χ3n) is 6.21. The van der Waals surface area contributed by atoms with Crippen molar-refractivity contribution in [1.82, 2.24) is 14.9 Å². The Kier molecular flexibility index (Phi) is 6.07. The van der Waals surface area contributed by atoms with E-state index in [1.165, 1.54) is 5.56 Å². The Bertz CT molecular complexity index is 1280. The normalized spacial score (nSPS) is 17.8. The van der Waals surface area contributed by atoms with Crippen molar-refractivity contribution in [3.8, 4) is 11.5 Å². The molecule has 0 aliphatic carbocycles. The van der Waals surface area contributed by atoms with Gasteiger partial charge in [0.15, 0.2) is 5.11 Å². The van der Waals surface area contributed by atoms with E-state index in [0.29, 0.717) is 11.2 Å². The van der Waals surface area contributed by atoms with Crippen LogP contribution in [0.4, 0.5) is 5.69 Å². The van der Waals surface area contributed by atoms with Gasteiger partial charge in [0.05, 0.1) is 17.8 Å². The number of hydrogen-bond donors (Lipinski definition) is 1. The van der Waals surface area contributed by atoms with E-state index in [0.717, 1.165) is 28.4 Å². The quantitative estimate of drug-likeness (QED) is 0.317. The Morgan fingerprint density at radius 1 is 0.971 bits per heavy atom. The standard InChI is InChI=1S/C28H28N4OS/c1-19(2)31-17-15-21(18-31)27-26(24-9-6-7-16-29-24)30-28(34)32(27)22-11-13-23(14-12-22)33-25-10-5-4-8-20(25)3/h4-19,26-27H,1-3H3,(H,30,34)/t26-,27-/m1/s1. The van der Waals surface area contributed by atoms with Crippen molar-refractivity contribution >= 4 is 23.0 Å². The van der Waals surface area contributed by atoms with Gasteiger partial charge in [-0.3, -0.25) is 4.98 Å². The lowest BCUT2D eigenvalue weighted by Crippen LogP contribution is -2.29. The number of pyridine rings is 1. The van der Waals surface area contributed by atoms with Gasteiger partial charge in [-0.05, 0) is 92.6 Å². The first kappa shape index (κ1) is 22.2. The Balaban J connectivity index is 1.49. The second-order valence-electron chi connectivity index (χ2n) is 8.84. The predicted molar refractivity (Wildman–Crippen MR) is 140 cm³/mol. The second-order valence-corrected chi connectivity index (χ2v) is 9.23. The van der Waals surface area contributed by atoms with Crippen molar-refractivity contribution in [3.05, 3.63) is 108 Å². The first-order valence-electron chi connectivity index (χ1n) is 11.5. The smallest absolute Gasteiger partial charge is 0.174 e. The number of nitrogens with one attached hydrogen (secondary N) is 1. The minimum atomic E-state index is -0.0559. The van der Waals surface area contributed by atoms with Crippen LogP contribution in [0, 0.1) is 6.92 Å². The number of nitrogens with zero attached hydrogens (tertiary/aromatic N) is 3. The molecule has 1 N–H and O–H groups in total. The molecule has 1 aliphatic heterocycles. The molecule has 172 valence electrons. The number of rotatable bonds is 6. The van der Waals surface area contributed by atoms with Crippen LogP contribution in [0.1, 0.15) is 48.8 Å². The molecule has 0 radical (unpaired) electrons. The highest BCUT2D eigenvalue weighted by Gasteiger charge is 2.41. The summed E-state index contributed by atoms with van der Waals surface area (Å²) in [5, 5.41) is 4.21. The maximum atomic E-state index is 6.10. The largest absolute Gasteiger partial charge is 0.457 e. The van der Waals surface area contributed by atoms with Crippen molar-refractivity contribution in [3.63, 3.8) is 0 Å². The van der Waals surface area contributed by atoms with Crippen molar-refractivity contribution < 1.29 is 4.74 Å². The fourth-order valence-electron chi connectivity index (χ4n) is 4.37. The van der Waals surface area contributed by atoms with E-state index in [-0.39, 0.29) is 12.1 Å². The summed E-state index contributed by atoms with van der Waals surface area (Å²) in [5.41, 5.74) is 4.27. The third-order valence-corrected chi connectivity index (χ3v) is 6.52. The maximum absolute atomic E-state index is 6.10. The third kappa shape index (κ3) is 4.29. The average molecular weight is 469 g/mol. The maximum Gasteiger partial charge on any atom is 0.174 e. The van der Waals surface area contributed by atoms with Crippen LogP contribution in [0.5, 0.6) is 11.5 Å². The van der Waals surface area contributed by atoms with Gasteiger partial charge in [0.1, 0.15) is 11.5 Å². The number of ether oxygens (including phenoxy) is 1. The molecular weight excluding hydrogens is 440 g/mol. The minimum absolute atomic E-state index is 0.0227. The first-order chi connectivity index (χ1) is 16.5. The van der Waals surface area contributed by atoms with E-state index in [1.807, 2.05) is 61.7 Å². The molecular formula is C28H28N4OS. The summed E-state index contributed by atoms with van der Waals surface area (Å²) in [6.45, 7) is 6.41. The topological polar surface area (TPSA) is 42.3 Å². The highest BCUT2D eigenvalue weighted by atomic mass is 32.1. The van der Waals surface area contributed by atoms with Gasteiger partial charge in [0, 0.05) is 30.3 Å². The molecule has 1 fully saturated rings. The molecule has 4 aromatic rings. The lowest BCUT2D eigenvalue weighted by molar-refractivity contribution is 0.479. The summed E-state index contributed by atoms with van der Waals surface area (Å²) >= 11 is 5.84. The van der Waals surface area contributed by atoms with Crippen LogP contribution >= 0.6 is 12.2 Å². The molecule has 0 bridgehead atoms. The van der Waals surface area contributed by atoms with Crippen LogP contribution in [0.25, 0.3) is 0 Å². The van der Waals surface area contributed by atoms with Gasteiger partial charge >= 0.3 is 0 Å². The van der Waals surface area contributed by atoms with E-state index >= 15 is 0 Å². The van der Waals surface area contributed by atoms with Crippen LogP contribution in [0.15, 0.2) is 91.4 Å². The Labute approximate surface area is 206 Å². The van der Waals surface area contributed by atoms with Gasteiger partial charge in [-0.2, -0.15) is 0 Å². The first-order valence-corrected chi connectivity index (χ1v) is 11.9. The molecule has 2 aromatic carbocycles. The lowest BCUT2D eigenvalue weighted by Gasteiger charge is -2.27. The Morgan fingerprint density at radius 3 is 2.41 bits per heavy atom. The fourth-order valence-corrected chi connectivity index (χ4v) is 4.72. The number of anilines is 1. The molecule has 1 aliphatic rings. The van der Waals surface area contributed by atoms with Gasteiger partial charge < -0.3 is 19.5 Å². The van der Waals surface area contributed by atoms with Crippen molar-refractivity contribution in [2.24, 2.45) is 0 Å². The van der Waals surface area contributed by atoms with Gasteiger partial charge in [0.25, 0.3) is 0 Å². The second kappa shape index (κ2) is 9.31. The summed E-state index contributed by atoms with van der Waals surface area (Å²) in [6.07, 6.45) is 6.18. The summed E-state index contributed by atoms with van der Waals surface area (Å²) in [6, 6.07) is 24.6. The number of thiocarbonyl (C=S) groups is 1. The van der Waals surface area contributed by atoms with E-state index < -0.39 is 0 Å². The zero-order valence-corrected chi connectivity index (χ0v) is 20.4.